The molecule has 0 N–H and O–H groups in total. The summed E-state index contributed by atoms with van der Waals surface area (Å²) in [5.41, 5.74) is 0.740. The first kappa shape index (κ1) is 25.8. The molecule has 10 heteroatoms. The quantitative estimate of drug-likeness (QED) is 0.185. The average Bonchev–Trinajstić information content (AvgIpc) is 3.05. The number of ether oxygens (including phenoxy) is 1. The fourth-order valence-electron chi connectivity index (χ4n) is 1.87. The largest absolute Gasteiger partial charge is 0.386 e. The van der Waals surface area contributed by atoms with Crippen LogP contribution in [-0.4, -0.2) is 49.8 Å². The first-order valence-corrected chi connectivity index (χ1v) is 13.0. The molecule has 0 saturated carbocycles. The molecule has 6 nitrogen and oxygen atoms in total. The zero-order valence-corrected chi connectivity index (χ0v) is 19.6. The van der Waals surface area contributed by atoms with E-state index in [4.69, 9.17) is 14.4 Å². The predicted molar refractivity (Wildman–Crippen MR) is 111 cm³/mol. The van der Waals surface area contributed by atoms with E-state index in [9.17, 15) is 10.1 Å². The Balaban J connectivity index is 0.000000532. The van der Waals surface area contributed by atoms with Crippen LogP contribution in [0.2, 0.25) is 0 Å². The molecule has 0 aromatic heterocycles. The molecule has 1 fully saturated rings. The maximum absolute atomic E-state index is 10.6. The summed E-state index contributed by atoms with van der Waals surface area (Å²) in [5, 5.41) is 10.6. The summed E-state index contributed by atoms with van der Waals surface area (Å²) in [4.78, 5) is 10.2. The minimum absolute atomic E-state index is 0. The van der Waals surface area contributed by atoms with Crippen LogP contribution in [0.3, 0.4) is 0 Å². The Bertz CT molecular complexity index is 584. The molecule has 0 unspecified atom stereocenters. The van der Waals surface area contributed by atoms with Crippen molar-refractivity contribution in [1.82, 2.24) is 8.61 Å². The van der Waals surface area contributed by atoms with Gasteiger partial charge in [0.2, 0.25) is 0 Å². The summed E-state index contributed by atoms with van der Waals surface area (Å²) >= 11 is 3.11. The van der Waals surface area contributed by atoms with Gasteiger partial charge in [-0.15, -0.1) is 23.9 Å². The first-order valence-electron chi connectivity index (χ1n) is 7.38. The van der Waals surface area contributed by atoms with E-state index < -0.39 is 20.6 Å². The Morgan fingerprint density at radius 2 is 1.92 bits per heavy atom. The molecule has 26 heavy (non-hydrogen) atoms. The molecule has 0 amide bonds. The molecule has 151 valence electrons. The topological polar surface area (TPSA) is 58.9 Å². The van der Waals surface area contributed by atoms with E-state index in [1.54, 1.807) is 34.6 Å². The summed E-state index contributed by atoms with van der Waals surface area (Å²) in [7, 11) is 5.69. The van der Waals surface area contributed by atoms with Crippen LogP contribution >= 0.6 is 33.6 Å². The second kappa shape index (κ2) is 13.9. The van der Waals surface area contributed by atoms with E-state index in [-0.39, 0.29) is 19.2 Å². The number of hydrogen-bond donors (Lipinski definition) is 0. The molecule has 1 aromatic rings. The third-order valence-corrected chi connectivity index (χ3v) is 5.66. The zero-order valence-electron chi connectivity index (χ0n) is 15.5. The number of nitrogens with zero attached hydrogens (tertiary/aromatic N) is 3. The van der Waals surface area contributed by atoms with Crippen molar-refractivity contribution in [3.8, 4) is 5.75 Å². The van der Waals surface area contributed by atoms with E-state index in [0.29, 0.717) is 11.3 Å². The zero-order chi connectivity index (χ0) is 18.8. The van der Waals surface area contributed by atoms with Gasteiger partial charge < -0.3 is 16.0 Å². The molecular formula is C16H25ClN3O3RuS2-2. The van der Waals surface area contributed by atoms with Crippen LogP contribution in [0.4, 0.5) is 5.69 Å². The van der Waals surface area contributed by atoms with Gasteiger partial charge in [-0.05, 0) is 25.6 Å². The van der Waals surface area contributed by atoms with Crippen molar-refractivity contribution in [3.05, 3.63) is 48.0 Å². The van der Waals surface area contributed by atoms with Gasteiger partial charge in [-0.1, -0.05) is 0 Å². The van der Waals surface area contributed by atoms with Gasteiger partial charge in [0, 0.05) is 0 Å². The molecule has 2 rings (SSSR count). The van der Waals surface area contributed by atoms with Gasteiger partial charge in [0.05, 0.1) is 0 Å². The number of benzene rings is 1. The minimum atomic E-state index is -0.440. The Kier molecular flexibility index (Phi) is 13.8. The van der Waals surface area contributed by atoms with Crippen LogP contribution in [-0.2, 0) is 15.7 Å². The van der Waals surface area contributed by atoms with Crippen molar-refractivity contribution in [1.29, 1.82) is 0 Å². The summed E-state index contributed by atoms with van der Waals surface area (Å²) < 4.78 is 11.8. The van der Waals surface area contributed by atoms with Gasteiger partial charge in [0.1, 0.15) is 0 Å². The maximum atomic E-state index is 10.6. The number of hydrogen-bond acceptors (Lipinski definition) is 7. The van der Waals surface area contributed by atoms with Gasteiger partial charge in [0.25, 0.3) is 0 Å². The van der Waals surface area contributed by atoms with Crippen molar-refractivity contribution in [2.24, 2.45) is 0 Å². The summed E-state index contributed by atoms with van der Waals surface area (Å²) in [5.74, 6) is 0.635. The molecule has 1 aliphatic rings. The standard InChI is InChI=1S/C10H11NO3.C5H11N2S2.CH3.ClH.Ru/c1-7(2)14-10-5-4-9(11(12)13)6-8(10)3;1-8-6-3-4-7(5-6)9-2;;;/h3-7H,1-2H3;5H,3-4H2,1-2H3;1H3;1H;/q;2*-1;;+1/p-1. The number of nitro groups is 1. The fourth-order valence-corrected chi connectivity index (χ4v) is 3.96. The number of nitro benzene ring substituents is 1. The normalized spacial score (nSPS) is 15.2. The van der Waals surface area contributed by atoms with E-state index in [0.717, 1.165) is 13.1 Å². The van der Waals surface area contributed by atoms with Crippen LogP contribution in [0.25, 0.3) is 0 Å². The molecule has 0 radical (unpaired) electrons. The van der Waals surface area contributed by atoms with E-state index in [2.05, 4.69) is 27.8 Å². The van der Waals surface area contributed by atoms with Crippen molar-refractivity contribution >= 4 is 43.9 Å². The number of rotatable bonds is 6. The van der Waals surface area contributed by atoms with Gasteiger partial charge in [-0.2, -0.15) is 6.67 Å². The SMILES string of the molecule is CC(C)Oc1ccc([N+](=O)[O-])cc1[CH]=[Ru][Cl].CSN1[CH-]N(SC)CC1.[CH3-]. The van der Waals surface area contributed by atoms with Crippen LogP contribution < -0.4 is 4.74 Å². The molecule has 0 bridgehead atoms. The smallest absolute Gasteiger partial charge is 0.00595 e. The van der Waals surface area contributed by atoms with Crippen LogP contribution in [0.1, 0.15) is 19.4 Å². The van der Waals surface area contributed by atoms with Crippen molar-refractivity contribution in [2.45, 2.75) is 20.0 Å². The van der Waals surface area contributed by atoms with Crippen molar-refractivity contribution in [2.75, 3.05) is 25.6 Å². The second-order valence-electron chi connectivity index (χ2n) is 5.09. The van der Waals surface area contributed by atoms with E-state index in [1.165, 1.54) is 12.1 Å². The predicted octanol–water partition coefficient (Wildman–Crippen LogP) is 4.50. The molecule has 1 aromatic carbocycles. The Morgan fingerprint density at radius 1 is 1.35 bits per heavy atom. The number of halogens is 1. The minimum Gasteiger partial charge on any atom is -0.386 e. The average molecular weight is 508 g/mol. The van der Waals surface area contributed by atoms with Gasteiger partial charge in [-0.25, -0.2) is 0 Å². The Labute approximate surface area is 176 Å². The molecule has 0 atom stereocenters. The second-order valence-corrected chi connectivity index (χ2v) is 8.55. The molecule has 1 heterocycles. The van der Waals surface area contributed by atoms with Gasteiger partial charge in [-0.3, -0.25) is 0 Å². The van der Waals surface area contributed by atoms with Gasteiger partial charge >= 0.3 is 105 Å². The molecule has 0 spiro atoms. The summed E-state index contributed by atoms with van der Waals surface area (Å²) in [6.45, 7) is 8.26. The molecule has 0 aliphatic carbocycles. The van der Waals surface area contributed by atoms with E-state index in [1.807, 2.05) is 13.8 Å². The summed E-state index contributed by atoms with van der Waals surface area (Å²) in [6.07, 6.45) is 4.22. The van der Waals surface area contributed by atoms with Crippen LogP contribution in [0, 0.1) is 24.2 Å². The third-order valence-electron chi connectivity index (χ3n) is 2.98. The molecular weight excluding hydrogens is 483 g/mol. The van der Waals surface area contributed by atoms with Crippen molar-refractivity contribution in [3.63, 3.8) is 0 Å². The Morgan fingerprint density at radius 3 is 2.31 bits per heavy atom. The summed E-state index contributed by atoms with van der Waals surface area (Å²) in [6, 6.07) is 4.52. The van der Waals surface area contributed by atoms with Crippen LogP contribution in [0.15, 0.2) is 18.2 Å². The third kappa shape index (κ3) is 9.15. The van der Waals surface area contributed by atoms with Crippen LogP contribution in [0.5, 0.6) is 5.75 Å². The van der Waals surface area contributed by atoms with Gasteiger partial charge in [0.15, 0.2) is 0 Å². The number of non-ortho nitro benzene ring substituents is 1. The molecule has 1 aliphatic heterocycles. The Hall–Kier alpha value is -0.177. The maximum Gasteiger partial charge on any atom is -0.00595 e. The fraction of sp³-hybridized carbons (Fsp3) is 0.438. The van der Waals surface area contributed by atoms with Crippen molar-refractivity contribution < 1.29 is 25.3 Å². The van der Waals surface area contributed by atoms with E-state index >= 15 is 0 Å². The first-order chi connectivity index (χ1) is 11.9. The molecule has 1 saturated heterocycles. The monoisotopic (exact) mass is 508 g/mol.